The minimum absolute atomic E-state index is 0. The molecule has 1 saturated heterocycles. The van der Waals surface area contributed by atoms with Gasteiger partial charge in [-0.25, -0.2) is 0 Å². The summed E-state index contributed by atoms with van der Waals surface area (Å²) in [7, 11) is 0. The van der Waals surface area contributed by atoms with Gasteiger partial charge >= 0.3 is 0 Å². The molecule has 1 aliphatic rings. The number of amides is 1. The van der Waals surface area contributed by atoms with E-state index in [0.29, 0.717) is 5.92 Å². The number of hydrogen-bond acceptors (Lipinski definition) is 3. The van der Waals surface area contributed by atoms with Crippen LogP contribution in [0.2, 0.25) is 0 Å². The van der Waals surface area contributed by atoms with Crippen LogP contribution in [0, 0.1) is 0 Å². The fourth-order valence-electron chi connectivity index (χ4n) is 2.58. The zero-order valence-electron chi connectivity index (χ0n) is 13.6. The molecule has 0 aliphatic carbocycles. The maximum Gasteiger partial charge on any atom is 0.263 e. The lowest BCUT2D eigenvalue weighted by atomic mass is 10.0. The highest BCUT2D eigenvalue weighted by Crippen LogP contribution is 2.21. The second-order valence-electron chi connectivity index (χ2n) is 6.15. The predicted octanol–water partition coefficient (Wildman–Crippen LogP) is 2.95. The summed E-state index contributed by atoms with van der Waals surface area (Å²) in [6.45, 7) is 7.58. The Morgan fingerprint density at radius 3 is 2.50 bits per heavy atom. The summed E-state index contributed by atoms with van der Waals surface area (Å²) in [6.07, 6.45) is 1.30. The largest absolute Gasteiger partial charge is 0.481 e. The van der Waals surface area contributed by atoms with Gasteiger partial charge in [0, 0.05) is 19.1 Å². The molecule has 0 saturated carbocycles. The van der Waals surface area contributed by atoms with Crippen LogP contribution in [0.3, 0.4) is 0 Å². The molecule has 0 aromatic heterocycles. The van der Waals surface area contributed by atoms with Crippen molar-refractivity contribution in [1.82, 2.24) is 4.90 Å². The van der Waals surface area contributed by atoms with Gasteiger partial charge in [-0.15, -0.1) is 12.4 Å². The van der Waals surface area contributed by atoms with Gasteiger partial charge in [0.1, 0.15) is 5.75 Å². The van der Waals surface area contributed by atoms with Gasteiger partial charge in [0.05, 0.1) is 0 Å². The molecule has 0 spiro atoms. The number of hydrogen-bond donors (Lipinski definition) is 1. The molecule has 4 nitrogen and oxygen atoms in total. The number of likely N-dealkylation sites (tertiary alicyclic amines) is 1. The van der Waals surface area contributed by atoms with E-state index in [-0.39, 0.29) is 24.4 Å². The molecule has 1 atom stereocenters. The van der Waals surface area contributed by atoms with Crippen LogP contribution < -0.4 is 10.5 Å². The summed E-state index contributed by atoms with van der Waals surface area (Å²) in [5.41, 5.74) is 7.09. The molecule has 2 N–H and O–H groups in total. The van der Waals surface area contributed by atoms with Gasteiger partial charge in [-0.2, -0.15) is 0 Å². The lowest BCUT2D eigenvalue weighted by Crippen LogP contribution is -2.47. The molecular formula is C17H27ClN2O2. The van der Waals surface area contributed by atoms with Gasteiger partial charge in [0.25, 0.3) is 5.91 Å². The van der Waals surface area contributed by atoms with E-state index >= 15 is 0 Å². The third kappa shape index (κ3) is 4.89. The van der Waals surface area contributed by atoms with Crippen molar-refractivity contribution in [3.63, 3.8) is 0 Å². The molecule has 0 bridgehead atoms. The average molecular weight is 327 g/mol. The molecule has 1 heterocycles. The Bertz CT molecular complexity index is 485. The number of carbonyl (C=O) groups excluding carboxylic acids is 1. The molecule has 1 aromatic rings. The molecule has 1 amide bonds. The van der Waals surface area contributed by atoms with Crippen molar-refractivity contribution in [2.75, 3.05) is 13.1 Å². The molecule has 1 fully saturated rings. The topological polar surface area (TPSA) is 55.6 Å². The Morgan fingerprint density at radius 2 is 1.91 bits per heavy atom. The Morgan fingerprint density at radius 1 is 1.27 bits per heavy atom. The first-order valence-corrected chi connectivity index (χ1v) is 7.78. The number of ether oxygens (including phenoxy) is 1. The zero-order chi connectivity index (χ0) is 15.4. The molecular weight excluding hydrogens is 300 g/mol. The van der Waals surface area contributed by atoms with Crippen molar-refractivity contribution in [3.8, 4) is 5.75 Å². The summed E-state index contributed by atoms with van der Waals surface area (Å²) in [5.74, 6) is 1.26. The summed E-state index contributed by atoms with van der Waals surface area (Å²) in [5, 5.41) is 0. The SMILES string of the molecule is CC(Oc1cccc(C(C)C)c1)C(=O)N1CCC(N)CC1.Cl. The fraction of sp³-hybridized carbons (Fsp3) is 0.588. The Hall–Kier alpha value is -1.26. The van der Waals surface area contributed by atoms with E-state index in [4.69, 9.17) is 10.5 Å². The highest BCUT2D eigenvalue weighted by molar-refractivity contribution is 5.85. The number of rotatable bonds is 4. The second-order valence-corrected chi connectivity index (χ2v) is 6.15. The van der Waals surface area contributed by atoms with E-state index in [1.54, 1.807) is 0 Å². The van der Waals surface area contributed by atoms with Crippen LogP contribution in [-0.4, -0.2) is 36.0 Å². The van der Waals surface area contributed by atoms with Crippen molar-refractivity contribution in [2.24, 2.45) is 5.73 Å². The van der Waals surface area contributed by atoms with Gasteiger partial charge < -0.3 is 15.4 Å². The minimum atomic E-state index is -0.457. The van der Waals surface area contributed by atoms with Crippen LogP contribution in [-0.2, 0) is 4.79 Å². The highest BCUT2D eigenvalue weighted by Gasteiger charge is 2.25. The number of nitrogens with two attached hydrogens (primary N) is 1. The molecule has 22 heavy (non-hydrogen) atoms. The maximum absolute atomic E-state index is 12.4. The van der Waals surface area contributed by atoms with Crippen LogP contribution in [0.1, 0.15) is 45.1 Å². The normalized spacial score (nSPS) is 17.0. The van der Waals surface area contributed by atoms with Crippen LogP contribution in [0.5, 0.6) is 5.75 Å². The Kier molecular flexibility index (Phi) is 7.17. The quantitative estimate of drug-likeness (QED) is 0.925. The van der Waals surface area contributed by atoms with Gasteiger partial charge in [-0.1, -0.05) is 26.0 Å². The molecule has 2 rings (SSSR count). The zero-order valence-corrected chi connectivity index (χ0v) is 14.4. The number of halogens is 1. The van der Waals surface area contributed by atoms with E-state index in [0.717, 1.165) is 31.7 Å². The first-order valence-electron chi connectivity index (χ1n) is 7.78. The van der Waals surface area contributed by atoms with Crippen molar-refractivity contribution in [3.05, 3.63) is 29.8 Å². The standard InChI is InChI=1S/C17H26N2O2.ClH/c1-12(2)14-5-4-6-16(11-14)21-13(3)17(20)19-9-7-15(18)8-10-19;/h4-6,11-13,15H,7-10,18H2,1-3H3;1H. The Balaban J connectivity index is 0.00000242. The molecule has 1 aliphatic heterocycles. The molecule has 1 aromatic carbocycles. The number of piperidine rings is 1. The van der Waals surface area contributed by atoms with Crippen molar-refractivity contribution in [2.45, 2.75) is 51.7 Å². The fourth-order valence-corrected chi connectivity index (χ4v) is 2.58. The van der Waals surface area contributed by atoms with E-state index in [9.17, 15) is 4.79 Å². The summed E-state index contributed by atoms with van der Waals surface area (Å²) >= 11 is 0. The number of benzene rings is 1. The van der Waals surface area contributed by atoms with Crippen molar-refractivity contribution >= 4 is 18.3 Å². The first-order chi connectivity index (χ1) is 9.97. The van der Waals surface area contributed by atoms with E-state index in [1.807, 2.05) is 30.0 Å². The van der Waals surface area contributed by atoms with Crippen molar-refractivity contribution in [1.29, 1.82) is 0 Å². The van der Waals surface area contributed by atoms with Crippen LogP contribution >= 0.6 is 12.4 Å². The third-order valence-corrected chi connectivity index (χ3v) is 4.04. The lowest BCUT2D eigenvalue weighted by Gasteiger charge is -2.32. The van der Waals surface area contributed by atoms with E-state index in [1.165, 1.54) is 5.56 Å². The van der Waals surface area contributed by atoms with Gasteiger partial charge in [0.15, 0.2) is 6.10 Å². The second kappa shape index (κ2) is 8.39. The number of carbonyl (C=O) groups is 1. The first kappa shape index (κ1) is 18.8. The average Bonchev–Trinajstić information content (AvgIpc) is 2.47. The van der Waals surface area contributed by atoms with Gasteiger partial charge in [-0.3, -0.25) is 4.79 Å². The van der Waals surface area contributed by atoms with Crippen LogP contribution in [0.4, 0.5) is 0 Å². The minimum Gasteiger partial charge on any atom is -0.481 e. The summed E-state index contributed by atoms with van der Waals surface area (Å²) < 4.78 is 5.82. The van der Waals surface area contributed by atoms with E-state index in [2.05, 4.69) is 19.9 Å². The third-order valence-electron chi connectivity index (χ3n) is 4.04. The van der Waals surface area contributed by atoms with Crippen LogP contribution in [0.25, 0.3) is 0 Å². The van der Waals surface area contributed by atoms with Gasteiger partial charge in [0.2, 0.25) is 0 Å². The Labute approximate surface area is 139 Å². The maximum atomic E-state index is 12.4. The highest BCUT2D eigenvalue weighted by atomic mass is 35.5. The monoisotopic (exact) mass is 326 g/mol. The molecule has 5 heteroatoms. The number of nitrogens with zero attached hydrogens (tertiary/aromatic N) is 1. The van der Waals surface area contributed by atoms with E-state index < -0.39 is 6.10 Å². The molecule has 124 valence electrons. The molecule has 0 radical (unpaired) electrons. The lowest BCUT2D eigenvalue weighted by molar-refractivity contribution is -0.139. The molecule has 1 unspecified atom stereocenters. The summed E-state index contributed by atoms with van der Waals surface area (Å²) in [4.78, 5) is 14.2. The predicted molar refractivity (Wildman–Crippen MR) is 91.7 cm³/mol. The summed E-state index contributed by atoms with van der Waals surface area (Å²) in [6, 6.07) is 8.20. The van der Waals surface area contributed by atoms with Gasteiger partial charge in [-0.05, 0) is 43.4 Å². The van der Waals surface area contributed by atoms with Crippen molar-refractivity contribution < 1.29 is 9.53 Å². The van der Waals surface area contributed by atoms with Crippen LogP contribution in [0.15, 0.2) is 24.3 Å². The smallest absolute Gasteiger partial charge is 0.263 e.